The lowest BCUT2D eigenvalue weighted by atomic mass is 10.0. The van der Waals surface area contributed by atoms with E-state index in [0.717, 1.165) is 34.3 Å². The summed E-state index contributed by atoms with van der Waals surface area (Å²) in [6, 6.07) is 16.6. The van der Waals surface area contributed by atoms with Gasteiger partial charge in [0.2, 0.25) is 21.8 Å². The van der Waals surface area contributed by atoms with Gasteiger partial charge in [-0.25, -0.2) is 21.6 Å². The zero-order valence-corrected chi connectivity index (χ0v) is 22.4. The van der Waals surface area contributed by atoms with E-state index in [1.54, 1.807) is 0 Å². The molecule has 0 saturated carbocycles. The fraction of sp³-hybridized carbons (Fsp3) is 0.286. The molecule has 0 spiro atoms. The number of carbonyl (C=O) groups excluding carboxylic acids is 2. The van der Waals surface area contributed by atoms with Gasteiger partial charge in [-0.2, -0.15) is 0 Å². The Morgan fingerprint density at radius 1 is 0.897 bits per heavy atom. The highest BCUT2D eigenvalue weighted by Gasteiger charge is 2.30. The molecule has 0 aromatic heterocycles. The molecule has 0 fully saturated rings. The number of carbonyl (C=O) groups is 2. The van der Waals surface area contributed by atoms with Crippen molar-refractivity contribution in [1.82, 2.24) is 10.2 Å². The van der Waals surface area contributed by atoms with E-state index in [1.807, 2.05) is 30.3 Å². The van der Waals surface area contributed by atoms with Crippen LogP contribution in [0.15, 0.2) is 72.8 Å². The number of anilines is 1. The third-order valence-corrected chi connectivity index (χ3v) is 7.32. The van der Waals surface area contributed by atoms with Crippen LogP contribution in [0.3, 0.4) is 0 Å². The average molecular weight is 562 g/mol. The SMILES string of the molecule is CNC(=O)[C@@H](Cc1ccccc1)N(Cc1ccc(F)cc1)C(=O)CCCN(c1ccc(F)c(F)c1)S(C)(=O)=O. The highest BCUT2D eigenvalue weighted by Crippen LogP contribution is 2.22. The second kappa shape index (κ2) is 13.3. The monoisotopic (exact) mass is 561 g/mol. The van der Waals surface area contributed by atoms with Gasteiger partial charge in [0.05, 0.1) is 11.9 Å². The third kappa shape index (κ3) is 8.31. The summed E-state index contributed by atoms with van der Waals surface area (Å²) in [5.74, 6) is -3.58. The Morgan fingerprint density at radius 2 is 1.56 bits per heavy atom. The van der Waals surface area contributed by atoms with Crippen LogP contribution < -0.4 is 9.62 Å². The van der Waals surface area contributed by atoms with Crippen LogP contribution >= 0.6 is 0 Å². The van der Waals surface area contributed by atoms with Gasteiger partial charge in [-0.05, 0) is 41.8 Å². The second-order valence-corrected chi connectivity index (χ2v) is 10.9. The van der Waals surface area contributed by atoms with Gasteiger partial charge in [0.1, 0.15) is 11.9 Å². The first-order valence-electron chi connectivity index (χ1n) is 12.2. The van der Waals surface area contributed by atoms with Crippen LogP contribution in [0.5, 0.6) is 0 Å². The third-order valence-electron chi connectivity index (χ3n) is 6.13. The first-order chi connectivity index (χ1) is 18.5. The van der Waals surface area contributed by atoms with Crippen molar-refractivity contribution < 1.29 is 31.2 Å². The topological polar surface area (TPSA) is 86.8 Å². The highest BCUT2D eigenvalue weighted by molar-refractivity contribution is 7.92. The lowest BCUT2D eigenvalue weighted by Crippen LogP contribution is -2.49. The van der Waals surface area contributed by atoms with E-state index in [-0.39, 0.29) is 38.0 Å². The molecule has 0 saturated heterocycles. The molecule has 3 rings (SSSR count). The first-order valence-corrected chi connectivity index (χ1v) is 14.1. The Bertz CT molecular complexity index is 1390. The largest absolute Gasteiger partial charge is 0.357 e. The van der Waals surface area contributed by atoms with Crippen molar-refractivity contribution in [3.8, 4) is 0 Å². The number of nitrogens with one attached hydrogen (secondary N) is 1. The summed E-state index contributed by atoms with van der Waals surface area (Å²) in [5, 5.41) is 2.59. The maximum atomic E-state index is 13.8. The molecule has 0 radical (unpaired) electrons. The summed E-state index contributed by atoms with van der Waals surface area (Å²) in [6.07, 6.45) is 1.05. The van der Waals surface area contributed by atoms with E-state index in [2.05, 4.69) is 5.32 Å². The van der Waals surface area contributed by atoms with Gasteiger partial charge in [0, 0.05) is 39.0 Å². The molecule has 0 aliphatic heterocycles. The number of benzene rings is 3. The maximum absolute atomic E-state index is 13.8. The van der Waals surface area contributed by atoms with Gasteiger partial charge in [0.15, 0.2) is 11.6 Å². The summed E-state index contributed by atoms with van der Waals surface area (Å²) in [5.41, 5.74) is 1.36. The Balaban J connectivity index is 1.84. The quantitative estimate of drug-likeness (QED) is 0.362. The number of rotatable bonds is 12. The number of amides is 2. The van der Waals surface area contributed by atoms with E-state index < -0.39 is 45.3 Å². The molecule has 39 heavy (non-hydrogen) atoms. The van der Waals surface area contributed by atoms with Gasteiger partial charge >= 0.3 is 0 Å². The molecule has 1 N–H and O–H groups in total. The van der Waals surface area contributed by atoms with E-state index >= 15 is 0 Å². The number of likely N-dealkylation sites (N-methyl/N-ethyl adjacent to an activating group) is 1. The molecule has 3 aromatic rings. The second-order valence-electron chi connectivity index (χ2n) is 9.00. The van der Waals surface area contributed by atoms with Gasteiger partial charge in [-0.1, -0.05) is 42.5 Å². The number of hydrogen-bond donors (Lipinski definition) is 1. The molecule has 2 amide bonds. The summed E-state index contributed by atoms with van der Waals surface area (Å²) >= 11 is 0. The maximum Gasteiger partial charge on any atom is 0.242 e. The molecule has 0 bridgehead atoms. The summed E-state index contributed by atoms with van der Waals surface area (Å²) in [6.45, 7) is -0.160. The van der Waals surface area contributed by atoms with Gasteiger partial charge in [0.25, 0.3) is 0 Å². The van der Waals surface area contributed by atoms with Crippen molar-refractivity contribution in [3.63, 3.8) is 0 Å². The molecule has 208 valence electrons. The summed E-state index contributed by atoms with van der Waals surface area (Å²) in [7, 11) is -2.41. The number of nitrogens with zero attached hydrogens (tertiary/aromatic N) is 2. The standard InChI is InChI=1S/C28H30F3N3O4S/c1-32-28(36)26(17-20-7-4-3-5-8-20)33(19-21-10-12-22(29)13-11-21)27(35)9-6-16-34(39(2,37)38)23-14-15-24(30)25(31)18-23/h3-5,7-8,10-15,18,26H,6,9,16-17,19H2,1-2H3,(H,32,36)/t26-/m1/s1. The fourth-order valence-corrected chi connectivity index (χ4v) is 5.11. The predicted octanol–water partition coefficient (Wildman–Crippen LogP) is 4.04. The molecule has 3 aromatic carbocycles. The molecule has 0 aliphatic rings. The van der Waals surface area contributed by atoms with Crippen molar-refractivity contribution in [3.05, 3.63) is 101 Å². The van der Waals surface area contributed by atoms with Crippen molar-refractivity contribution in [2.45, 2.75) is 31.8 Å². The van der Waals surface area contributed by atoms with Gasteiger partial charge < -0.3 is 10.2 Å². The minimum atomic E-state index is -3.87. The van der Waals surface area contributed by atoms with Crippen LogP contribution in [0.4, 0.5) is 18.9 Å². The van der Waals surface area contributed by atoms with Crippen molar-refractivity contribution in [2.75, 3.05) is 24.2 Å². The van der Waals surface area contributed by atoms with Crippen LogP contribution in [0.1, 0.15) is 24.0 Å². The lowest BCUT2D eigenvalue weighted by molar-refractivity contribution is -0.141. The average Bonchev–Trinajstić information content (AvgIpc) is 2.90. The number of hydrogen-bond acceptors (Lipinski definition) is 4. The Kier molecular flexibility index (Phi) is 10.1. The minimum absolute atomic E-state index is 0.0169. The normalized spacial score (nSPS) is 12.0. The number of sulfonamides is 1. The summed E-state index contributed by atoms with van der Waals surface area (Å²) in [4.78, 5) is 27.9. The highest BCUT2D eigenvalue weighted by atomic mass is 32.2. The van der Waals surface area contributed by atoms with Gasteiger partial charge in [-0.3, -0.25) is 13.9 Å². The zero-order valence-electron chi connectivity index (χ0n) is 21.6. The fourth-order valence-electron chi connectivity index (χ4n) is 4.15. The minimum Gasteiger partial charge on any atom is -0.357 e. The van der Waals surface area contributed by atoms with Crippen molar-refractivity contribution in [2.24, 2.45) is 0 Å². The van der Waals surface area contributed by atoms with Gasteiger partial charge in [-0.15, -0.1) is 0 Å². The molecule has 0 heterocycles. The van der Waals surface area contributed by atoms with E-state index in [0.29, 0.717) is 5.56 Å². The lowest BCUT2D eigenvalue weighted by Gasteiger charge is -2.31. The molecule has 0 aliphatic carbocycles. The van der Waals surface area contributed by atoms with E-state index in [1.165, 1.54) is 36.2 Å². The molecule has 7 nitrogen and oxygen atoms in total. The van der Waals surface area contributed by atoms with Crippen LogP contribution in [-0.4, -0.2) is 51.0 Å². The summed E-state index contributed by atoms with van der Waals surface area (Å²) < 4.78 is 66.3. The molecule has 1 atom stereocenters. The number of halogens is 3. The van der Waals surface area contributed by atoms with Crippen LogP contribution in [0.25, 0.3) is 0 Å². The van der Waals surface area contributed by atoms with Crippen molar-refractivity contribution in [1.29, 1.82) is 0 Å². The zero-order chi connectivity index (χ0) is 28.6. The molecule has 0 unspecified atom stereocenters. The van der Waals surface area contributed by atoms with Crippen LogP contribution in [0, 0.1) is 17.5 Å². The molecule has 11 heteroatoms. The first kappa shape index (κ1) is 29.7. The van der Waals surface area contributed by atoms with Crippen LogP contribution in [0.2, 0.25) is 0 Å². The van der Waals surface area contributed by atoms with Crippen molar-refractivity contribution >= 4 is 27.5 Å². The van der Waals surface area contributed by atoms with E-state index in [4.69, 9.17) is 0 Å². The van der Waals surface area contributed by atoms with E-state index in [9.17, 15) is 31.2 Å². The molecular formula is C28H30F3N3O4S. The predicted molar refractivity (Wildman–Crippen MR) is 143 cm³/mol. The Labute approximate surface area is 226 Å². The Morgan fingerprint density at radius 3 is 2.15 bits per heavy atom. The Hall–Kier alpha value is -3.86. The smallest absolute Gasteiger partial charge is 0.242 e. The van der Waals surface area contributed by atoms with Crippen LogP contribution in [-0.2, 0) is 32.6 Å². The molecular weight excluding hydrogens is 531 g/mol.